The average Bonchev–Trinajstić information content (AvgIpc) is 3.30. The molecule has 40 heavy (non-hydrogen) atoms. The van der Waals surface area contributed by atoms with E-state index >= 15 is 0 Å². The van der Waals surface area contributed by atoms with Crippen LogP contribution in [0.25, 0.3) is 10.4 Å². The molecule has 5 aliphatic carbocycles. The summed E-state index contributed by atoms with van der Waals surface area (Å²) in [6.45, 7) is 12.3. The highest BCUT2D eigenvalue weighted by atomic mass is 16.5. The van der Waals surface area contributed by atoms with Crippen LogP contribution in [0.4, 0.5) is 0 Å². The first-order chi connectivity index (χ1) is 18.9. The quantitative estimate of drug-likeness (QED) is 0.164. The number of nitrogens with zero attached hydrogens (tertiary/aromatic N) is 3. The van der Waals surface area contributed by atoms with Crippen LogP contribution in [0, 0.1) is 50.7 Å². The van der Waals surface area contributed by atoms with Gasteiger partial charge in [0.1, 0.15) is 12.4 Å². The maximum Gasteiger partial charge on any atom is 0.312 e. The third-order valence-corrected chi connectivity index (χ3v) is 14.0. The number of carbonyl (C=O) groups excluding carboxylic acids is 2. The largest absolute Gasteiger partial charge is 0.460 e. The predicted molar refractivity (Wildman–Crippen MR) is 155 cm³/mol. The van der Waals surface area contributed by atoms with E-state index in [-0.39, 0.29) is 46.2 Å². The molecule has 5 fully saturated rings. The fourth-order valence-electron chi connectivity index (χ4n) is 11.8. The molecule has 0 spiro atoms. The molecule has 6 nitrogen and oxygen atoms in total. The Bertz CT molecular complexity index is 1240. The summed E-state index contributed by atoms with van der Waals surface area (Å²) >= 11 is 0. The van der Waals surface area contributed by atoms with Gasteiger partial charge in [-0.1, -0.05) is 70.1 Å². The number of carbonyl (C=O) groups is 2. The van der Waals surface area contributed by atoms with Crippen molar-refractivity contribution in [3.05, 3.63) is 46.3 Å². The van der Waals surface area contributed by atoms with Crippen molar-refractivity contribution < 1.29 is 14.3 Å². The van der Waals surface area contributed by atoms with E-state index in [1.54, 1.807) is 0 Å². The normalized spacial score (nSPS) is 45.2. The highest BCUT2D eigenvalue weighted by molar-refractivity contribution is 5.85. The average molecular weight is 546 g/mol. The molecule has 6 rings (SSSR count). The van der Waals surface area contributed by atoms with Crippen molar-refractivity contribution in [1.29, 1.82) is 0 Å². The highest BCUT2D eigenvalue weighted by Gasteiger charge is 2.72. The molecule has 0 aromatic heterocycles. The summed E-state index contributed by atoms with van der Waals surface area (Å²) in [5.74, 6) is 1.69. The maximum atomic E-state index is 14.0. The second-order valence-electron chi connectivity index (χ2n) is 15.4. The minimum absolute atomic E-state index is 0.0260. The number of ketones is 1. The molecule has 0 aliphatic heterocycles. The summed E-state index contributed by atoms with van der Waals surface area (Å²) in [5.41, 5.74) is 10.0. The van der Waals surface area contributed by atoms with Gasteiger partial charge in [0.2, 0.25) is 0 Å². The van der Waals surface area contributed by atoms with Crippen molar-refractivity contribution in [2.75, 3.05) is 0 Å². The molecular weight excluding hydrogens is 498 g/mol. The van der Waals surface area contributed by atoms with E-state index in [2.05, 4.69) is 44.6 Å². The number of azide groups is 1. The van der Waals surface area contributed by atoms with Crippen LogP contribution in [0.5, 0.6) is 0 Å². The van der Waals surface area contributed by atoms with Crippen LogP contribution >= 0.6 is 0 Å². The Morgan fingerprint density at radius 3 is 2.40 bits per heavy atom. The Kier molecular flexibility index (Phi) is 6.50. The zero-order valence-corrected chi connectivity index (χ0v) is 25.1. The fourth-order valence-corrected chi connectivity index (χ4v) is 11.8. The zero-order chi connectivity index (χ0) is 28.6. The van der Waals surface area contributed by atoms with Crippen LogP contribution < -0.4 is 0 Å². The number of hydrogen-bond donors (Lipinski definition) is 0. The Balaban J connectivity index is 1.34. The third kappa shape index (κ3) is 3.63. The minimum Gasteiger partial charge on any atom is -0.460 e. The van der Waals surface area contributed by atoms with Gasteiger partial charge in [-0.15, -0.1) is 0 Å². The number of rotatable bonds is 4. The Morgan fingerprint density at radius 2 is 1.68 bits per heavy atom. The van der Waals surface area contributed by atoms with Crippen molar-refractivity contribution >= 4 is 11.8 Å². The molecule has 216 valence electrons. The van der Waals surface area contributed by atoms with Gasteiger partial charge in [0.15, 0.2) is 0 Å². The molecule has 0 unspecified atom stereocenters. The standard InChI is InChI=1S/C34H47N3O3/c1-30(2)25-14-17-33(5)26(31(25,3)16-15-27(30)38)12-11-23-28-24(36-37-35)13-18-34(28,20-19-32(23,33)4)29(39)40-21-22-9-7-6-8-10-22/h6-10,23-26,28H,11-21H2,1-5H3/t23-,24-,25+,26-,28+,31+,32-,33-,34+/m1/s1. The van der Waals surface area contributed by atoms with Crippen molar-refractivity contribution in [3.63, 3.8) is 0 Å². The summed E-state index contributed by atoms with van der Waals surface area (Å²) in [5, 5.41) is 4.34. The number of Topliss-reactive ketones (excluding diaryl/α,β-unsaturated/α-hetero) is 1. The van der Waals surface area contributed by atoms with Crippen LogP contribution in [0.15, 0.2) is 35.4 Å². The number of fused-ring (bicyclic) bond motifs is 7. The first-order valence-corrected chi connectivity index (χ1v) is 15.7. The van der Waals surface area contributed by atoms with Gasteiger partial charge >= 0.3 is 5.97 Å². The lowest BCUT2D eigenvalue weighted by Gasteiger charge is -2.72. The van der Waals surface area contributed by atoms with Crippen LogP contribution in [-0.2, 0) is 20.9 Å². The molecule has 0 amide bonds. The number of benzene rings is 1. The van der Waals surface area contributed by atoms with E-state index in [0.717, 1.165) is 63.4 Å². The van der Waals surface area contributed by atoms with E-state index < -0.39 is 5.41 Å². The van der Waals surface area contributed by atoms with Crippen LogP contribution in [-0.4, -0.2) is 17.8 Å². The first-order valence-electron chi connectivity index (χ1n) is 15.7. The molecule has 0 N–H and O–H groups in total. The van der Waals surface area contributed by atoms with Gasteiger partial charge in [0, 0.05) is 22.8 Å². The van der Waals surface area contributed by atoms with Gasteiger partial charge in [-0.2, -0.15) is 0 Å². The molecule has 1 aromatic carbocycles. The SMILES string of the molecule is CC1(C)C(=O)CC[C@]2(C)[C@H]3CC[C@@H]4[C@H]5[C@H](N=[N+]=[N-])CC[C@]5(C(=O)OCc5ccccc5)CC[C@@]4(C)[C@]3(C)CC[C@@H]12. The predicted octanol–water partition coefficient (Wildman–Crippen LogP) is 8.44. The fraction of sp³-hybridized carbons (Fsp3) is 0.765. The molecule has 9 atom stereocenters. The van der Waals surface area contributed by atoms with Crippen molar-refractivity contribution in [3.8, 4) is 0 Å². The second kappa shape index (κ2) is 9.34. The highest BCUT2D eigenvalue weighted by Crippen LogP contribution is 2.76. The summed E-state index contributed by atoms with van der Waals surface area (Å²) in [6, 6.07) is 9.76. The second-order valence-corrected chi connectivity index (χ2v) is 15.4. The molecular formula is C34H47N3O3. The van der Waals surface area contributed by atoms with E-state index in [9.17, 15) is 15.1 Å². The molecule has 1 aromatic rings. The third-order valence-electron chi connectivity index (χ3n) is 14.0. The van der Waals surface area contributed by atoms with E-state index in [1.807, 2.05) is 30.3 Å². The first kappa shape index (κ1) is 27.8. The van der Waals surface area contributed by atoms with Gasteiger partial charge in [-0.3, -0.25) is 9.59 Å². The number of esters is 1. The lowest BCUT2D eigenvalue weighted by Crippen LogP contribution is -2.67. The summed E-state index contributed by atoms with van der Waals surface area (Å²) in [6.07, 6.45) is 9.44. The van der Waals surface area contributed by atoms with Gasteiger partial charge in [-0.25, -0.2) is 0 Å². The number of ether oxygens (including phenoxy) is 1. The van der Waals surface area contributed by atoms with Crippen molar-refractivity contribution in [1.82, 2.24) is 0 Å². The zero-order valence-electron chi connectivity index (χ0n) is 25.1. The Labute approximate surface area is 239 Å². The van der Waals surface area contributed by atoms with Gasteiger partial charge in [-0.05, 0) is 109 Å². The molecule has 0 saturated heterocycles. The lowest BCUT2D eigenvalue weighted by molar-refractivity contribution is -0.234. The molecule has 6 heteroatoms. The van der Waals surface area contributed by atoms with E-state index in [1.165, 1.54) is 0 Å². The van der Waals surface area contributed by atoms with Crippen LogP contribution in [0.2, 0.25) is 0 Å². The van der Waals surface area contributed by atoms with Crippen LogP contribution in [0.1, 0.15) is 104 Å². The smallest absolute Gasteiger partial charge is 0.312 e. The minimum atomic E-state index is -0.568. The Hall–Kier alpha value is -2.33. The molecule has 5 saturated carbocycles. The van der Waals surface area contributed by atoms with E-state index in [0.29, 0.717) is 30.0 Å². The number of hydrogen-bond acceptors (Lipinski definition) is 4. The van der Waals surface area contributed by atoms with E-state index in [4.69, 9.17) is 4.74 Å². The van der Waals surface area contributed by atoms with Gasteiger partial charge in [0.05, 0.1) is 5.41 Å². The van der Waals surface area contributed by atoms with Crippen molar-refractivity contribution in [2.24, 2.45) is 55.9 Å². The summed E-state index contributed by atoms with van der Waals surface area (Å²) < 4.78 is 6.06. The molecule has 0 radical (unpaired) electrons. The monoisotopic (exact) mass is 545 g/mol. The molecule has 5 aliphatic rings. The molecule has 0 heterocycles. The van der Waals surface area contributed by atoms with Gasteiger partial charge < -0.3 is 4.74 Å². The lowest BCUT2D eigenvalue weighted by atomic mass is 9.32. The maximum absolute atomic E-state index is 14.0. The van der Waals surface area contributed by atoms with Gasteiger partial charge in [0.25, 0.3) is 0 Å². The molecule has 0 bridgehead atoms. The van der Waals surface area contributed by atoms with Crippen molar-refractivity contribution in [2.45, 2.75) is 111 Å². The Morgan fingerprint density at radius 1 is 0.925 bits per heavy atom. The summed E-state index contributed by atoms with van der Waals surface area (Å²) in [4.78, 5) is 30.3. The van der Waals surface area contributed by atoms with Crippen LogP contribution in [0.3, 0.4) is 0 Å². The topological polar surface area (TPSA) is 92.1 Å². The summed E-state index contributed by atoms with van der Waals surface area (Å²) in [7, 11) is 0.